The van der Waals surface area contributed by atoms with Crippen LogP contribution in [-0.4, -0.2) is 9.97 Å². The minimum Gasteiger partial charge on any atom is -0.436 e. The van der Waals surface area contributed by atoms with Gasteiger partial charge in [0.1, 0.15) is 11.2 Å². The maximum absolute atomic E-state index is 5.82. The number of para-hydroxylation sites is 2. The molecule has 2 aromatic heterocycles. The van der Waals surface area contributed by atoms with E-state index in [1.807, 2.05) is 67.6 Å². The van der Waals surface area contributed by atoms with E-state index in [4.69, 9.17) is 8.83 Å². The van der Waals surface area contributed by atoms with E-state index in [-0.39, 0.29) is 0 Å². The molecule has 122 valence electrons. The first-order chi connectivity index (χ1) is 12.3. The SMILES string of the molecule is C=Cc1nc(-c2ccc(-c3nc4ccccc4o3)cc2)oc1/C=C\C. The molecule has 4 heteroatoms. The van der Waals surface area contributed by atoms with Gasteiger partial charge in [-0.3, -0.25) is 0 Å². The van der Waals surface area contributed by atoms with Crippen molar-refractivity contribution in [1.29, 1.82) is 0 Å². The second-order valence-corrected chi connectivity index (χ2v) is 5.54. The summed E-state index contributed by atoms with van der Waals surface area (Å²) in [6.45, 7) is 5.71. The average Bonchev–Trinajstić information content (AvgIpc) is 3.26. The maximum Gasteiger partial charge on any atom is 0.227 e. The second kappa shape index (κ2) is 6.24. The lowest BCUT2D eigenvalue weighted by atomic mass is 10.1. The molecule has 0 radical (unpaired) electrons. The Morgan fingerprint density at radius 3 is 2.20 bits per heavy atom. The van der Waals surface area contributed by atoms with Crippen molar-refractivity contribution >= 4 is 23.3 Å². The summed E-state index contributed by atoms with van der Waals surface area (Å²) in [5.41, 5.74) is 4.15. The number of aromatic nitrogens is 2. The van der Waals surface area contributed by atoms with Crippen molar-refractivity contribution < 1.29 is 8.83 Å². The molecule has 0 aliphatic heterocycles. The molecule has 0 aliphatic rings. The lowest BCUT2D eigenvalue weighted by molar-refractivity contribution is 0.564. The molecule has 2 aromatic carbocycles. The minimum atomic E-state index is 0.562. The van der Waals surface area contributed by atoms with Crippen LogP contribution in [-0.2, 0) is 0 Å². The van der Waals surface area contributed by atoms with Crippen LogP contribution in [0.25, 0.3) is 46.2 Å². The Kier molecular flexibility index (Phi) is 3.78. The van der Waals surface area contributed by atoms with Crippen LogP contribution >= 0.6 is 0 Å². The van der Waals surface area contributed by atoms with E-state index in [1.54, 1.807) is 6.08 Å². The molecule has 0 saturated carbocycles. The minimum absolute atomic E-state index is 0.562. The third-order valence-corrected chi connectivity index (χ3v) is 3.87. The van der Waals surface area contributed by atoms with Crippen molar-refractivity contribution in [2.45, 2.75) is 6.92 Å². The van der Waals surface area contributed by atoms with Gasteiger partial charge in [-0.1, -0.05) is 24.8 Å². The normalized spacial score (nSPS) is 11.4. The summed E-state index contributed by atoms with van der Waals surface area (Å²) in [5, 5.41) is 0. The van der Waals surface area contributed by atoms with E-state index in [2.05, 4.69) is 16.5 Å². The van der Waals surface area contributed by atoms with Gasteiger partial charge in [-0.05, 0) is 55.5 Å². The molecule has 0 bridgehead atoms. The van der Waals surface area contributed by atoms with E-state index in [0.29, 0.717) is 17.5 Å². The van der Waals surface area contributed by atoms with E-state index in [9.17, 15) is 0 Å². The lowest BCUT2D eigenvalue weighted by Crippen LogP contribution is -1.81. The Bertz CT molecular complexity index is 1040. The van der Waals surface area contributed by atoms with Gasteiger partial charge in [0.05, 0.1) is 0 Å². The zero-order valence-electron chi connectivity index (χ0n) is 13.8. The van der Waals surface area contributed by atoms with Crippen LogP contribution < -0.4 is 0 Å². The van der Waals surface area contributed by atoms with Gasteiger partial charge in [0.25, 0.3) is 0 Å². The molecular formula is C21H16N2O2. The van der Waals surface area contributed by atoms with Crippen molar-refractivity contribution in [3.05, 3.63) is 72.6 Å². The van der Waals surface area contributed by atoms with Crippen LogP contribution in [0.15, 0.2) is 70.0 Å². The molecule has 0 atom stereocenters. The van der Waals surface area contributed by atoms with Gasteiger partial charge in [0, 0.05) is 11.1 Å². The molecule has 25 heavy (non-hydrogen) atoms. The molecule has 4 aromatic rings. The highest BCUT2D eigenvalue weighted by Gasteiger charge is 2.12. The number of hydrogen-bond donors (Lipinski definition) is 0. The maximum atomic E-state index is 5.82. The largest absolute Gasteiger partial charge is 0.436 e. The van der Waals surface area contributed by atoms with E-state index in [1.165, 1.54) is 0 Å². The summed E-state index contributed by atoms with van der Waals surface area (Å²) >= 11 is 0. The first kappa shape index (κ1) is 15.1. The fraction of sp³-hybridized carbons (Fsp3) is 0.0476. The highest BCUT2D eigenvalue weighted by Crippen LogP contribution is 2.28. The summed E-state index contributed by atoms with van der Waals surface area (Å²) < 4.78 is 11.6. The number of oxazole rings is 2. The first-order valence-electron chi connectivity index (χ1n) is 8.01. The molecule has 0 unspecified atom stereocenters. The molecule has 4 rings (SSSR count). The lowest BCUT2D eigenvalue weighted by Gasteiger charge is -1.98. The van der Waals surface area contributed by atoms with Gasteiger partial charge >= 0.3 is 0 Å². The van der Waals surface area contributed by atoms with Gasteiger partial charge < -0.3 is 8.83 Å². The average molecular weight is 328 g/mol. The Morgan fingerprint density at radius 1 is 0.880 bits per heavy atom. The topological polar surface area (TPSA) is 52.1 Å². The predicted octanol–water partition coefficient (Wildman–Crippen LogP) is 5.83. The highest BCUT2D eigenvalue weighted by molar-refractivity contribution is 5.76. The van der Waals surface area contributed by atoms with Crippen LogP contribution in [0.4, 0.5) is 0 Å². The van der Waals surface area contributed by atoms with Crippen molar-refractivity contribution in [2.24, 2.45) is 0 Å². The number of hydrogen-bond acceptors (Lipinski definition) is 4. The van der Waals surface area contributed by atoms with E-state index in [0.717, 1.165) is 27.9 Å². The van der Waals surface area contributed by atoms with Gasteiger partial charge in [0.15, 0.2) is 11.3 Å². The third kappa shape index (κ3) is 2.78. The van der Waals surface area contributed by atoms with Crippen LogP contribution in [0.5, 0.6) is 0 Å². The fourth-order valence-electron chi connectivity index (χ4n) is 2.64. The van der Waals surface area contributed by atoms with Gasteiger partial charge in [0.2, 0.25) is 11.8 Å². The second-order valence-electron chi connectivity index (χ2n) is 5.54. The summed E-state index contributed by atoms with van der Waals surface area (Å²) in [7, 11) is 0. The van der Waals surface area contributed by atoms with Crippen LogP contribution in [0.3, 0.4) is 0 Å². The zero-order valence-corrected chi connectivity index (χ0v) is 13.8. The number of benzene rings is 2. The van der Waals surface area contributed by atoms with Crippen molar-refractivity contribution in [3.63, 3.8) is 0 Å². The summed E-state index contributed by atoms with van der Waals surface area (Å²) in [4.78, 5) is 8.99. The molecule has 0 N–H and O–H groups in total. The van der Waals surface area contributed by atoms with Crippen molar-refractivity contribution in [3.8, 4) is 22.9 Å². The molecular weight excluding hydrogens is 312 g/mol. The van der Waals surface area contributed by atoms with E-state index >= 15 is 0 Å². The number of rotatable bonds is 4. The predicted molar refractivity (Wildman–Crippen MR) is 99.7 cm³/mol. The highest BCUT2D eigenvalue weighted by atomic mass is 16.4. The Balaban J connectivity index is 1.69. The van der Waals surface area contributed by atoms with Crippen molar-refractivity contribution in [1.82, 2.24) is 9.97 Å². The molecule has 0 spiro atoms. The molecule has 4 nitrogen and oxygen atoms in total. The molecule has 0 amide bonds. The van der Waals surface area contributed by atoms with Gasteiger partial charge in [-0.2, -0.15) is 0 Å². The summed E-state index contributed by atoms with van der Waals surface area (Å²) in [6, 6.07) is 15.5. The number of nitrogens with zero attached hydrogens (tertiary/aromatic N) is 2. The monoisotopic (exact) mass is 328 g/mol. The van der Waals surface area contributed by atoms with E-state index < -0.39 is 0 Å². The molecule has 0 aliphatic carbocycles. The Labute approximate surface area is 145 Å². The first-order valence-corrected chi connectivity index (χ1v) is 8.01. The van der Waals surface area contributed by atoms with Crippen molar-refractivity contribution in [2.75, 3.05) is 0 Å². The van der Waals surface area contributed by atoms with Gasteiger partial charge in [-0.15, -0.1) is 0 Å². The summed E-state index contributed by atoms with van der Waals surface area (Å²) in [6.07, 6.45) is 5.48. The molecule has 0 saturated heterocycles. The third-order valence-electron chi connectivity index (χ3n) is 3.87. The van der Waals surface area contributed by atoms with Crippen LogP contribution in [0.1, 0.15) is 18.4 Å². The van der Waals surface area contributed by atoms with Crippen LogP contribution in [0.2, 0.25) is 0 Å². The Morgan fingerprint density at radius 2 is 1.56 bits per heavy atom. The standard InChI is InChI=1S/C21H16N2O2/c1-3-7-18-16(4-2)22-20(24-18)14-10-12-15(13-11-14)21-23-17-8-5-6-9-19(17)25-21/h3-13H,2H2,1H3/b7-3-. The quantitative estimate of drug-likeness (QED) is 0.473. The zero-order chi connectivity index (χ0) is 17.2. The Hall–Kier alpha value is -3.40. The molecule has 0 fully saturated rings. The fourth-order valence-corrected chi connectivity index (χ4v) is 2.64. The molecule has 2 heterocycles. The van der Waals surface area contributed by atoms with Gasteiger partial charge in [-0.25, -0.2) is 9.97 Å². The summed E-state index contributed by atoms with van der Waals surface area (Å²) in [5.74, 6) is 1.86. The number of fused-ring (bicyclic) bond motifs is 1. The van der Waals surface area contributed by atoms with Crippen LogP contribution in [0, 0.1) is 0 Å². The number of allylic oxidation sites excluding steroid dienone is 1. The smallest absolute Gasteiger partial charge is 0.227 e.